The molecule has 3 atom stereocenters. The summed E-state index contributed by atoms with van der Waals surface area (Å²) in [5, 5.41) is 2.66. The molecule has 2 aliphatic carbocycles. The van der Waals surface area contributed by atoms with Crippen LogP contribution in [0.4, 0.5) is 5.82 Å². The first kappa shape index (κ1) is 16.4. The number of carbonyl (C=O) groups excluding carboxylic acids is 1. The van der Waals surface area contributed by atoms with Gasteiger partial charge in [-0.3, -0.25) is 9.69 Å². The number of nitrogens with zero attached hydrogens (tertiary/aromatic N) is 3. The highest BCUT2D eigenvalue weighted by Crippen LogP contribution is 2.46. The summed E-state index contributed by atoms with van der Waals surface area (Å²) < 4.78 is 0. The van der Waals surface area contributed by atoms with Gasteiger partial charge in [-0.25, -0.2) is 4.98 Å². The van der Waals surface area contributed by atoms with Crippen LogP contribution in [0.1, 0.15) is 36.0 Å². The van der Waals surface area contributed by atoms with Crippen LogP contribution in [0.3, 0.4) is 0 Å². The van der Waals surface area contributed by atoms with Crippen LogP contribution in [0.15, 0.2) is 18.3 Å². The molecule has 3 fully saturated rings. The van der Waals surface area contributed by atoms with E-state index in [0.717, 1.165) is 49.9 Å². The van der Waals surface area contributed by atoms with Gasteiger partial charge in [-0.15, -0.1) is 6.42 Å². The second-order valence-electron chi connectivity index (χ2n) is 7.56. The van der Waals surface area contributed by atoms with Crippen LogP contribution in [0.25, 0.3) is 0 Å². The monoisotopic (exact) mass is 338 g/mol. The Morgan fingerprint density at radius 2 is 2.08 bits per heavy atom. The molecular weight excluding hydrogens is 312 g/mol. The summed E-state index contributed by atoms with van der Waals surface area (Å²) in [5.74, 6) is 5.15. The van der Waals surface area contributed by atoms with E-state index in [1.165, 1.54) is 25.7 Å². The van der Waals surface area contributed by atoms with Crippen molar-refractivity contribution in [1.82, 2.24) is 15.2 Å². The number of anilines is 1. The first-order valence-electron chi connectivity index (χ1n) is 9.41. The molecule has 1 saturated heterocycles. The highest BCUT2D eigenvalue weighted by molar-refractivity contribution is 5.94. The highest BCUT2D eigenvalue weighted by atomic mass is 16.1. The van der Waals surface area contributed by atoms with Gasteiger partial charge >= 0.3 is 0 Å². The molecule has 25 heavy (non-hydrogen) atoms. The van der Waals surface area contributed by atoms with Gasteiger partial charge in [-0.2, -0.15) is 0 Å². The molecule has 0 radical (unpaired) electrons. The van der Waals surface area contributed by atoms with E-state index in [1.54, 1.807) is 6.20 Å². The summed E-state index contributed by atoms with van der Waals surface area (Å²) in [6.45, 7) is 4.53. The van der Waals surface area contributed by atoms with Gasteiger partial charge in [-0.1, -0.05) is 12.3 Å². The van der Waals surface area contributed by atoms with Crippen LogP contribution in [0.2, 0.25) is 0 Å². The highest BCUT2D eigenvalue weighted by Gasteiger charge is 2.42. The summed E-state index contributed by atoms with van der Waals surface area (Å²) >= 11 is 0. The van der Waals surface area contributed by atoms with Crippen molar-refractivity contribution >= 4 is 11.7 Å². The number of carbonyl (C=O) groups is 1. The largest absolute Gasteiger partial charge is 0.354 e. The maximum atomic E-state index is 11.9. The minimum Gasteiger partial charge on any atom is -0.354 e. The average molecular weight is 338 g/mol. The van der Waals surface area contributed by atoms with Gasteiger partial charge in [0.2, 0.25) is 0 Å². The Balaban J connectivity index is 1.32. The maximum absolute atomic E-state index is 11.9. The van der Waals surface area contributed by atoms with Crippen LogP contribution in [0.5, 0.6) is 0 Å². The molecule has 1 aliphatic heterocycles. The zero-order valence-electron chi connectivity index (χ0n) is 14.7. The summed E-state index contributed by atoms with van der Waals surface area (Å²) in [4.78, 5) is 21.4. The predicted molar refractivity (Wildman–Crippen MR) is 98.4 cm³/mol. The molecule has 2 bridgehead atoms. The molecule has 132 valence electrons. The number of hydrogen-bond acceptors (Lipinski definition) is 4. The lowest BCUT2D eigenvalue weighted by Gasteiger charge is -2.41. The minimum absolute atomic E-state index is 0.168. The lowest BCUT2D eigenvalue weighted by Crippen LogP contribution is -2.52. The van der Waals surface area contributed by atoms with E-state index in [0.29, 0.717) is 5.56 Å². The van der Waals surface area contributed by atoms with Crippen molar-refractivity contribution in [3.63, 3.8) is 0 Å². The molecule has 3 unspecified atom stereocenters. The first-order valence-corrected chi connectivity index (χ1v) is 9.41. The van der Waals surface area contributed by atoms with E-state index < -0.39 is 0 Å². The van der Waals surface area contributed by atoms with Crippen molar-refractivity contribution in [1.29, 1.82) is 0 Å². The maximum Gasteiger partial charge on any atom is 0.253 e. The van der Waals surface area contributed by atoms with Gasteiger partial charge in [0.05, 0.1) is 12.1 Å². The third kappa shape index (κ3) is 3.36. The predicted octanol–water partition coefficient (Wildman–Crippen LogP) is 1.76. The summed E-state index contributed by atoms with van der Waals surface area (Å²) in [6, 6.07) is 4.60. The van der Waals surface area contributed by atoms with E-state index in [9.17, 15) is 4.79 Å². The fourth-order valence-corrected chi connectivity index (χ4v) is 4.88. The third-order valence-corrected chi connectivity index (χ3v) is 6.17. The van der Waals surface area contributed by atoms with E-state index >= 15 is 0 Å². The number of amides is 1. The van der Waals surface area contributed by atoms with Gasteiger partial charge in [0.15, 0.2) is 0 Å². The fourth-order valence-electron chi connectivity index (χ4n) is 4.88. The van der Waals surface area contributed by atoms with Crippen molar-refractivity contribution in [2.24, 2.45) is 11.8 Å². The Morgan fingerprint density at radius 3 is 2.68 bits per heavy atom. The zero-order chi connectivity index (χ0) is 17.2. The second kappa shape index (κ2) is 7.05. The standard InChI is InChI=1S/C20H26N4O/c1-2-7-21-20(25)17-5-6-19(22-14-17)24-10-8-23(9-11-24)18-13-15-3-4-16(18)12-15/h1,5-6,14-16,18H,3-4,7-13H2,(H,21,25). The summed E-state index contributed by atoms with van der Waals surface area (Å²) in [5.41, 5.74) is 0.555. The van der Waals surface area contributed by atoms with Crippen LogP contribution in [-0.4, -0.2) is 54.6 Å². The molecule has 5 nitrogen and oxygen atoms in total. The van der Waals surface area contributed by atoms with Crippen LogP contribution in [0, 0.1) is 24.2 Å². The minimum atomic E-state index is -0.168. The van der Waals surface area contributed by atoms with Crippen LogP contribution >= 0.6 is 0 Å². The lowest BCUT2D eigenvalue weighted by atomic mass is 9.93. The van der Waals surface area contributed by atoms with Gasteiger partial charge in [0.1, 0.15) is 5.82 Å². The van der Waals surface area contributed by atoms with Crippen molar-refractivity contribution in [2.75, 3.05) is 37.6 Å². The Bertz CT molecular complexity index is 657. The van der Waals surface area contributed by atoms with Gasteiger partial charge < -0.3 is 10.2 Å². The van der Waals surface area contributed by atoms with Crippen LogP contribution in [-0.2, 0) is 0 Å². The molecule has 1 amide bonds. The second-order valence-corrected chi connectivity index (χ2v) is 7.56. The molecule has 0 spiro atoms. The van der Waals surface area contributed by atoms with E-state index in [-0.39, 0.29) is 12.5 Å². The molecular formula is C20H26N4O. The normalized spacial score (nSPS) is 28.8. The van der Waals surface area contributed by atoms with Crippen molar-refractivity contribution in [3.8, 4) is 12.3 Å². The third-order valence-electron chi connectivity index (χ3n) is 6.17. The van der Waals surface area contributed by atoms with E-state index in [4.69, 9.17) is 6.42 Å². The molecule has 5 heteroatoms. The summed E-state index contributed by atoms with van der Waals surface area (Å²) in [6.07, 6.45) is 12.6. The van der Waals surface area contributed by atoms with Crippen molar-refractivity contribution in [3.05, 3.63) is 23.9 Å². The number of aromatic nitrogens is 1. The Kier molecular flexibility index (Phi) is 4.63. The number of fused-ring (bicyclic) bond motifs is 2. The molecule has 0 aromatic carbocycles. The van der Waals surface area contributed by atoms with Gasteiger partial charge in [0.25, 0.3) is 5.91 Å². The number of nitrogens with one attached hydrogen (secondary N) is 1. The Labute approximate surface area is 149 Å². The molecule has 1 aromatic rings. The number of piperazine rings is 1. The number of rotatable bonds is 4. The molecule has 1 N–H and O–H groups in total. The quantitative estimate of drug-likeness (QED) is 0.850. The van der Waals surface area contributed by atoms with Crippen molar-refractivity contribution < 1.29 is 4.79 Å². The molecule has 2 saturated carbocycles. The molecule has 4 rings (SSSR count). The topological polar surface area (TPSA) is 48.5 Å². The number of hydrogen-bond donors (Lipinski definition) is 1. The van der Waals surface area contributed by atoms with Crippen LogP contribution < -0.4 is 10.2 Å². The number of terminal acetylenes is 1. The summed E-state index contributed by atoms with van der Waals surface area (Å²) in [7, 11) is 0. The average Bonchev–Trinajstić information content (AvgIpc) is 3.30. The SMILES string of the molecule is C#CCNC(=O)c1ccc(N2CCN(C3CC4CCC3C4)CC2)nc1. The number of pyridine rings is 1. The van der Waals surface area contributed by atoms with Gasteiger partial charge in [-0.05, 0) is 43.2 Å². The smallest absolute Gasteiger partial charge is 0.253 e. The first-order chi connectivity index (χ1) is 12.2. The lowest BCUT2D eigenvalue weighted by molar-refractivity contribution is 0.0958. The van der Waals surface area contributed by atoms with E-state index in [2.05, 4.69) is 26.0 Å². The van der Waals surface area contributed by atoms with Gasteiger partial charge in [0, 0.05) is 38.4 Å². The zero-order valence-corrected chi connectivity index (χ0v) is 14.7. The van der Waals surface area contributed by atoms with E-state index in [1.807, 2.05) is 12.1 Å². The molecule has 3 aliphatic rings. The van der Waals surface area contributed by atoms with Crippen molar-refractivity contribution in [2.45, 2.75) is 31.7 Å². The Hall–Kier alpha value is -2.06. The fraction of sp³-hybridized carbons (Fsp3) is 0.600. The molecule has 2 heterocycles. The molecule has 1 aromatic heterocycles. The Morgan fingerprint density at radius 1 is 1.24 bits per heavy atom.